The molecule has 0 bridgehead atoms. The van der Waals surface area contributed by atoms with E-state index in [0.717, 1.165) is 27.8 Å². The Kier molecular flexibility index (Phi) is 6.24. The maximum absolute atomic E-state index is 12.8. The van der Waals surface area contributed by atoms with E-state index in [-0.39, 0.29) is 11.7 Å². The Labute approximate surface area is 156 Å². The largest absolute Gasteiger partial charge is 0.340 e. The van der Waals surface area contributed by atoms with Crippen LogP contribution in [-0.2, 0) is 26.9 Å². The highest BCUT2D eigenvalue weighted by Crippen LogP contribution is 2.21. The summed E-state index contributed by atoms with van der Waals surface area (Å²) in [6.45, 7) is 7.70. The number of amides is 1. The zero-order valence-corrected chi connectivity index (χ0v) is 16.9. The minimum atomic E-state index is -3.60. The number of hydrogen-bond donors (Lipinski definition) is 0. The summed E-state index contributed by atoms with van der Waals surface area (Å²) in [5.74, 6) is -0.493. The lowest BCUT2D eigenvalue weighted by Gasteiger charge is -2.22. The lowest BCUT2D eigenvalue weighted by atomic mass is 10.0. The lowest BCUT2D eigenvalue weighted by Crippen LogP contribution is -2.39. The van der Waals surface area contributed by atoms with E-state index in [1.54, 1.807) is 7.05 Å². The Hall–Kier alpha value is -2.14. The van der Waals surface area contributed by atoms with Gasteiger partial charge in [0.25, 0.3) is 0 Å². The van der Waals surface area contributed by atoms with Crippen molar-refractivity contribution in [3.8, 4) is 0 Å². The van der Waals surface area contributed by atoms with E-state index in [1.165, 1.54) is 11.8 Å². The number of nitrogens with zero attached hydrogens (tertiary/aromatic N) is 1. The molecule has 2 rings (SSSR count). The molecule has 0 saturated heterocycles. The van der Waals surface area contributed by atoms with Crippen LogP contribution >= 0.6 is 0 Å². The van der Waals surface area contributed by atoms with Crippen molar-refractivity contribution in [1.29, 1.82) is 0 Å². The van der Waals surface area contributed by atoms with Crippen LogP contribution in [-0.4, -0.2) is 31.5 Å². The highest BCUT2D eigenvalue weighted by Gasteiger charge is 2.31. The molecular formula is C21H27NO3S. The van der Waals surface area contributed by atoms with Gasteiger partial charge in [-0.3, -0.25) is 4.79 Å². The van der Waals surface area contributed by atoms with Crippen LogP contribution in [0.4, 0.5) is 0 Å². The molecule has 0 heterocycles. The smallest absolute Gasteiger partial charge is 0.240 e. The molecule has 0 N–H and O–H groups in total. The lowest BCUT2D eigenvalue weighted by molar-refractivity contribution is -0.129. The van der Waals surface area contributed by atoms with E-state index in [0.29, 0.717) is 6.54 Å². The molecule has 0 aromatic heterocycles. The molecule has 1 unspecified atom stereocenters. The van der Waals surface area contributed by atoms with Crippen LogP contribution in [0.2, 0.25) is 0 Å². The van der Waals surface area contributed by atoms with Crippen LogP contribution in [0.5, 0.6) is 0 Å². The van der Waals surface area contributed by atoms with Gasteiger partial charge in [-0.1, -0.05) is 48.0 Å². The predicted octanol–water partition coefficient (Wildman–Crippen LogP) is 3.57. The number of benzene rings is 2. The van der Waals surface area contributed by atoms with Gasteiger partial charge in [-0.05, 0) is 49.9 Å². The summed E-state index contributed by atoms with van der Waals surface area (Å²) in [6.07, 6.45) is 0. The first-order valence-corrected chi connectivity index (χ1v) is 10.4. The molecule has 1 amide bonds. The molecule has 26 heavy (non-hydrogen) atoms. The topological polar surface area (TPSA) is 54.5 Å². The molecule has 0 spiro atoms. The molecule has 2 aromatic carbocycles. The van der Waals surface area contributed by atoms with Gasteiger partial charge in [0.15, 0.2) is 9.84 Å². The van der Waals surface area contributed by atoms with Gasteiger partial charge in [0.1, 0.15) is 5.25 Å². The molecule has 0 aliphatic rings. The maximum atomic E-state index is 12.8. The van der Waals surface area contributed by atoms with Gasteiger partial charge in [-0.2, -0.15) is 0 Å². The third-order valence-electron chi connectivity index (χ3n) is 4.71. The molecule has 0 saturated carbocycles. The first-order valence-electron chi connectivity index (χ1n) is 8.69. The van der Waals surface area contributed by atoms with E-state index in [4.69, 9.17) is 0 Å². The van der Waals surface area contributed by atoms with Crippen molar-refractivity contribution >= 4 is 15.7 Å². The van der Waals surface area contributed by atoms with E-state index in [2.05, 4.69) is 0 Å². The zero-order chi connectivity index (χ0) is 19.5. The molecule has 0 aliphatic carbocycles. The van der Waals surface area contributed by atoms with Gasteiger partial charge in [0.05, 0.1) is 5.75 Å². The second-order valence-corrected chi connectivity index (χ2v) is 9.33. The van der Waals surface area contributed by atoms with Crippen molar-refractivity contribution in [2.45, 2.75) is 45.2 Å². The molecule has 2 aromatic rings. The predicted molar refractivity (Wildman–Crippen MR) is 106 cm³/mol. The number of carbonyl (C=O) groups is 1. The summed E-state index contributed by atoms with van der Waals surface area (Å²) in [6, 6.07) is 13.5. The highest BCUT2D eigenvalue weighted by atomic mass is 32.2. The molecular weight excluding hydrogens is 346 g/mol. The van der Waals surface area contributed by atoms with Crippen molar-refractivity contribution in [3.05, 3.63) is 70.3 Å². The number of hydrogen-bond acceptors (Lipinski definition) is 3. The third-order valence-corrected chi connectivity index (χ3v) is 6.68. The van der Waals surface area contributed by atoms with Gasteiger partial charge in [-0.25, -0.2) is 8.42 Å². The summed E-state index contributed by atoms with van der Waals surface area (Å²) < 4.78 is 25.7. The molecule has 0 aliphatic heterocycles. The van der Waals surface area contributed by atoms with Crippen LogP contribution in [0.1, 0.15) is 34.7 Å². The number of aryl methyl sites for hydroxylation is 3. The molecule has 140 valence electrons. The third kappa shape index (κ3) is 4.73. The van der Waals surface area contributed by atoms with Gasteiger partial charge in [0, 0.05) is 13.6 Å². The van der Waals surface area contributed by atoms with Gasteiger partial charge in [-0.15, -0.1) is 0 Å². The first-order chi connectivity index (χ1) is 12.1. The van der Waals surface area contributed by atoms with Crippen molar-refractivity contribution in [3.63, 3.8) is 0 Å². The standard InChI is InChI=1S/C21H27NO3S/c1-15-11-16(2)20(17(3)12-15)14-26(24,25)18(4)21(23)22(5)13-19-9-7-6-8-10-19/h6-12,18H,13-14H2,1-5H3. The number of rotatable bonds is 6. The van der Waals surface area contributed by atoms with Crippen LogP contribution in [0.25, 0.3) is 0 Å². The number of carbonyl (C=O) groups excluding carboxylic acids is 1. The van der Waals surface area contributed by atoms with Crippen molar-refractivity contribution in [2.24, 2.45) is 0 Å². The average molecular weight is 374 g/mol. The fraction of sp³-hybridized carbons (Fsp3) is 0.381. The Morgan fingerprint density at radius 1 is 1.04 bits per heavy atom. The van der Waals surface area contributed by atoms with Crippen LogP contribution in [0.15, 0.2) is 42.5 Å². The van der Waals surface area contributed by atoms with Crippen molar-refractivity contribution in [2.75, 3.05) is 7.05 Å². The molecule has 1 atom stereocenters. The normalized spacial score (nSPS) is 12.7. The fourth-order valence-corrected chi connectivity index (χ4v) is 4.76. The van der Waals surface area contributed by atoms with Gasteiger partial charge >= 0.3 is 0 Å². The molecule has 0 fully saturated rings. The highest BCUT2D eigenvalue weighted by molar-refractivity contribution is 7.92. The SMILES string of the molecule is Cc1cc(C)c(CS(=O)(=O)C(C)C(=O)N(C)Cc2ccccc2)c(C)c1. The van der Waals surface area contributed by atoms with Gasteiger partial charge < -0.3 is 4.90 Å². The van der Waals surface area contributed by atoms with Crippen LogP contribution in [0.3, 0.4) is 0 Å². The molecule has 0 radical (unpaired) electrons. The summed E-state index contributed by atoms with van der Waals surface area (Å²) in [4.78, 5) is 14.1. The van der Waals surface area contributed by atoms with E-state index in [1.807, 2.05) is 63.2 Å². The molecule has 4 nitrogen and oxygen atoms in total. The first kappa shape index (κ1) is 20.2. The quantitative estimate of drug-likeness (QED) is 0.778. The monoisotopic (exact) mass is 373 g/mol. The van der Waals surface area contributed by atoms with Crippen molar-refractivity contribution in [1.82, 2.24) is 4.90 Å². The minimum absolute atomic E-state index is 0.114. The van der Waals surface area contributed by atoms with Crippen LogP contribution in [0, 0.1) is 20.8 Å². The van der Waals surface area contributed by atoms with E-state index < -0.39 is 15.1 Å². The maximum Gasteiger partial charge on any atom is 0.240 e. The summed E-state index contributed by atoms with van der Waals surface area (Å²) >= 11 is 0. The summed E-state index contributed by atoms with van der Waals surface area (Å²) in [5, 5.41) is -1.07. The van der Waals surface area contributed by atoms with Crippen LogP contribution < -0.4 is 0 Å². The van der Waals surface area contributed by atoms with E-state index in [9.17, 15) is 13.2 Å². The van der Waals surface area contributed by atoms with Crippen molar-refractivity contribution < 1.29 is 13.2 Å². The Balaban J connectivity index is 2.16. The second-order valence-electron chi connectivity index (χ2n) is 7.01. The summed E-state index contributed by atoms with van der Waals surface area (Å²) in [7, 11) is -1.96. The van der Waals surface area contributed by atoms with E-state index >= 15 is 0 Å². The number of sulfone groups is 1. The molecule has 5 heteroatoms. The average Bonchev–Trinajstić information content (AvgIpc) is 2.57. The Morgan fingerprint density at radius 3 is 2.12 bits per heavy atom. The minimum Gasteiger partial charge on any atom is -0.340 e. The Morgan fingerprint density at radius 2 is 1.58 bits per heavy atom. The Bertz CT molecular complexity index is 866. The van der Waals surface area contributed by atoms with Gasteiger partial charge in [0.2, 0.25) is 5.91 Å². The summed E-state index contributed by atoms with van der Waals surface area (Å²) in [5.41, 5.74) is 4.76. The second kappa shape index (κ2) is 8.04. The zero-order valence-electron chi connectivity index (χ0n) is 16.1. The fourth-order valence-electron chi connectivity index (χ4n) is 3.16.